The summed E-state index contributed by atoms with van der Waals surface area (Å²) in [6.45, 7) is 1.97. The molecular weight excluding hydrogens is 234 g/mol. The molecule has 18 heavy (non-hydrogen) atoms. The van der Waals surface area contributed by atoms with Crippen LogP contribution in [-0.2, 0) is 11.3 Å². The molecule has 2 N–H and O–H groups in total. The van der Waals surface area contributed by atoms with Gasteiger partial charge in [-0.05, 0) is 12.1 Å². The van der Waals surface area contributed by atoms with Gasteiger partial charge in [0.2, 0.25) is 5.91 Å². The normalized spacial score (nSPS) is 10.5. The van der Waals surface area contributed by atoms with Crippen LogP contribution in [0.15, 0.2) is 24.4 Å². The number of carboxylic acids is 1. The number of aromatic carboxylic acids is 1. The zero-order valence-corrected chi connectivity index (χ0v) is 9.88. The first-order chi connectivity index (χ1) is 8.63. The minimum atomic E-state index is -1.08. The lowest BCUT2D eigenvalue weighted by Gasteiger charge is -2.02. The number of rotatable bonds is 4. The molecule has 2 heterocycles. The summed E-state index contributed by atoms with van der Waals surface area (Å²) in [4.78, 5) is 26.3. The van der Waals surface area contributed by atoms with Crippen molar-refractivity contribution < 1.29 is 14.7 Å². The highest BCUT2D eigenvalue weighted by molar-refractivity contribution is 5.93. The van der Waals surface area contributed by atoms with Crippen LogP contribution in [-0.4, -0.2) is 26.4 Å². The van der Waals surface area contributed by atoms with E-state index >= 15 is 0 Å². The van der Waals surface area contributed by atoms with Crippen LogP contribution in [0.25, 0.3) is 5.52 Å². The van der Waals surface area contributed by atoms with Crippen molar-refractivity contribution in [3.63, 3.8) is 0 Å². The van der Waals surface area contributed by atoms with Gasteiger partial charge in [-0.1, -0.05) is 13.0 Å². The Hall–Kier alpha value is -2.37. The van der Waals surface area contributed by atoms with E-state index < -0.39 is 5.97 Å². The predicted octanol–water partition coefficient (Wildman–Crippen LogP) is 1.06. The number of carbonyl (C=O) groups excluding carboxylic acids is 1. The summed E-state index contributed by atoms with van der Waals surface area (Å²) >= 11 is 0. The summed E-state index contributed by atoms with van der Waals surface area (Å²) < 4.78 is 1.67. The molecule has 0 aromatic carbocycles. The Balaban J connectivity index is 2.39. The second-order valence-electron chi connectivity index (χ2n) is 3.77. The molecule has 0 bridgehead atoms. The molecule has 2 rings (SSSR count). The molecule has 0 spiro atoms. The summed E-state index contributed by atoms with van der Waals surface area (Å²) in [6, 6.07) is 5.21. The lowest BCUT2D eigenvalue weighted by molar-refractivity contribution is -0.120. The monoisotopic (exact) mass is 247 g/mol. The number of imidazole rings is 1. The molecule has 0 aliphatic carbocycles. The van der Waals surface area contributed by atoms with Crippen LogP contribution in [0.3, 0.4) is 0 Å². The van der Waals surface area contributed by atoms with Crippen LogP contribution in [0.2, 0.25) is 0 Å². The first kappa shape index (κ1) is 12.1. The number of aromatic nitrogens is 2. The van der Waals surface area contributed by atoms with Crippen LogP contribution >= 0.6 is 0 Å². The average Bonchev–Trinajstić information content (AvgIpc) is 2.75. The summed E-state index contributed by atoms with van der Waals surface area (Å²) in [5, 5.41) is 11.7. The molecule has 1 amide bonds. The fraction of sp³-hybridized carbons (Fsp3) is 0.250. The molecule has 6 nitrogen and oxygen atoms in total. The summed E-state index contributed by atoms with van der Waals surface area (Å²) in [7, 11) is 0. The van der Waals surface area contributed by atoms with Crippen LogP contribution in [0.1, 0.15) is 29.7 Å². The first-order valence-electron chi connectivity index (χ1n) is 5.59. The van der Waals surface area contributed by atoms with Gasteiger partial charge in [0.1, 0.15) is 5.82 Å². The van der Waals surface area contributed by atoms with Gasteiger partial charge in [0.05, 0.1) is 12.1 Å². The van der Waals surface area contributed by atoms with E-state index in [1.807, 2.05) is 0 Å². The highest BCUT2D eigenvalue weighted by Gasteiger charge is 2.16. The second-order valence-corrected chi connectivity index (χ2v) is 3.77. The first-order valence-corrected chi connectivity index (χ1v) is 5.59. The van der Waals surface area contributed by atoms with Gasteiger partial charge in [-0.2, -0.15) is 0 Å². The maximum atomic E-state index is 11.2. The van der Waals surface area contributed by atoms with Gasteiger partial charge >= 0.3 is 5.97 Å². The minimum absolute atomic E-state index is 0.00338. The van der Waals surface area contributed by atoms with Crippen molar-refractivity contribution in [1.29, 1.82) is 0 Å². The smallest absolute Gasteiger partial charge is 0.356 e. The van der Waals surface area contributed by atoms with E-state index in [0.29, 0.717) is 17.8 Å². The number of nitrogens with zero attached hydrogens (tertiary/aromatic N) is 2. The van der Waals surface area contributed by atoms with E-state index in [9.17, 15) is 9.59 Å². The molecule has 0 aliphatic rings. The van der Waals surface area contributed by atoms with Gasteiger partial charge in [0.15, 0.2) is 5.69 Å². The molecule has 94 valence electrons. The Labute approximate surface area is 103 Å². The highest BCUT2D eigenvalue weighted by Crippen LogP contribution is 2.13. The molecule has 0 atom stereocenters. The molecule has 0 radical (unpaired) electrons. The second kappa shape index (κ2) is 4.87. The average molecular weight is 247 g/mol. The topological polar surface area (TPSA) is 83.7 Å². The van der Waals surface area contributed by atoms with Gasteiger partial charge in [-0.25, -0.2) is 9.78 Å². The molecule has 2 aromatic heterocycles. The Morgan fingerprint density at radius 1 is 1.44 bits per heavy atom. The summed E-state index contributed by atoms with van der Waals surface area (Å²) in [5.41, 5.74) is 0.516. The fourth-order valence-electron chi connectivity index (χ4n) is 1.69. The van der Waals surface area contributed by atoms with Crippen molar-refractivity contribution in [2.75, 3.05) is 0 Å². The number of fused-ring (bicyclic) bond motifs is 1. The van der Waals surface area contributed by atoms with E-state index in [1.165, 1.54) is 0 Å². The van der Waals surface area contributed by atoms with Crippen molar-refractivity contribution in [3.8, 4) is 0 Å². The lowest BCUT2D eigenvalue weighted by atomic mass is 10.3. The van der Waals surface area contributed by atoms with E-state index in [1.54, 1.807) is 35.7 Å². The van der Waals surface area contributed by atoms with Crippen molar-refractivity contribution in [1.82, 2.24) is 14.7 Å². The maximum Gasteiger partial charge on any atom is 0.356 e. The van der Waals surface area contributed by atoms with Gasteiger partial charge in [0.25, 0.3) is 0 Å². The SMILES string of the molecule is CCC(=O)NCc1nc(C(=O)O)c2ccccn12. The quantitative estimate of drug-likeness (QED) is 0.846. The standard InChI is InChI=1S/C12H13N3O3/c1-2-10(16)13-7-9-14-11(12(17)18)8-5-3-4-6-15(8)9/h3-6H,2,7H2,1H3,(H,13,16)(H,17,18). The van der Waals surface area contributed by atoms with Gasteiger partial charge < -0.3 is 14.8 Å². The zero-order chi connectivity index (χ0) is 13.1. The number of carboxylic acid groups (broad SMARTS) is 1. The Morgan fingerprint density at radius 3 is 2.89 bits per heavy atom. The maximum absolute atomic E-state index is 11.2. The third-order valence-electron chi connectivity index (χ3n) is 2.59. The third-order valence-corrected chi connectivity index (χ3v) is 2.59. The highest BCUT2D eigenvalue weighted by atomic mass is 16.4. The van der Waals surface area contributed by atoms with Gasteiger partial charge in [0, 0.05) is 12.6 Å². The Bertz CT molecular complexity index is 604. The Kier molecular flexibility index (Phi) is 3.27. The van der Waals surface area contributed by atoms with E-state index in [-0.39, 0.29) is 18.1 Å². The molecular formula is C12H13N3O3. The van der Waals surface area contributed by atoms with Crippen LogP contribution in [0.4, 0.5) is 0 Å². The van der Waals surface area contributed by atoms with E-state index in [0.717, 1.165) is 0 Å². The van der Waals surface area contributed by atoms with Crippen molar-refractivity contribution in [3.05, 3.63) is 35.9 Å². The summed E-state index contributed by atoms with van der Waals surface area (Å²) in [5.74, 6) is -0.670. The molecule has 0 saturated heterocycles. The molecule has 0 saturated carbocycles. The lowest BCUT2D eigenvalue weighted by Crippen LogP contribution is -2.22. The molecule has 0 unspecified atom stereocenters. The molecule has 0 aliphatic heterocycles. The predicted molar refractivity (Wildman–Crippen MR) is 64.3 cm³/mol. The molecule has 6 heteroatoms. The number of amides is 1. The van der Waals surface area contributed by atoms with Crippen LogP contribution in [0, 0.1) is 0 Å². The number of pyridine rings is 1. The van der Waals surface area contributed by atoms with Gasteiger partial charge in [-0.15, -0.1) is 0 Å². The zero-order valence-electron chi connectivity index (χ0n) is 9.88. The van der Waals surface area contributed by atoms with Crippen LogP contribution in [0.5, 0.6) is 0 Å². The van der Waals surface area contributed by atoms with E-state index in [4.69, 9.17) is 5.11 Å². The largest absolute Gasteiger partial charge is 0.476 e. The van der Waals surface area contributed by atoms with Crippen molar-refractivity contribution >= 4 is 17.4 Å². The fourth-order valence-corrected chi connectivity index (χ4v) is 1.69. The summed E-state index contributed by atoms with van der Waals surface area (Å²) in [6.07, 6.45) is 2.11. The van der Waals surface area contributed by atoms with Crippen LogP contribution < -0.4 is 5.32 Å². The van der Waals surface area contributed by atoms with Crippen molar-refractivity contribution in [2.24, 2.45) is 0 Å². The van der Waals surface area contributed by atoms with E-state index in [2.05, 4.69) is 10.3 Å². The third kappa shape index (κ3) is 2.17. The number of carbonyl (C=O) groups is 2. The Morgan fingerprint density at radius 2 is 2.22 bits per heavy atom. The number of nitrogens with one attached hydrogen (secondary N) is 1. The molecule has 2 aromatic rings. The van der Waals surface area contributed by atoms with Gasteiger partial charge in [-0.3, -0.25) is 4.79 Å². The minimum Gasteiger partial charge on any atom is -0.476 e. The molecule has 0 fully saturated rings. The number of hydrogen-bond acceptors (Lipinski definition) is 3. The number of hydrogen-bond donors (Lipinski definition) is 2. The van der Waals surface area contributed by atoms with Crippen molar-refractivity contribution in [2.45, 2.75) is 19.9 Å².